The second kappa shape index (κ2) is 9.48. The van der Waals surface area contributed by atoms with Crippen LogP contribution < -0.4 is 0 Å². The first-order chi connectivity index (χ1) is 27.0. The normalized spacial score (nSPS) is 27.1. The molecule has 8 aromatic rings. The molecule has 0 N–H and O–H groups in total. The van der Waals surface area contributed by atoms with E-state index in [-0.39, 0.29) is 17.3 Å². The van der Waals surface area contributed by atoms with Gasteiger partial charge >= 0.3 is 0 Å². The molecule has 0 radical (unpaired) electrons. The first kappa shape index (κ1) is 29.5. The molecule has 5 unspecified atom stereocenters. The molecule has 5 atom stereocenters. The summed E-state index contributed by atoms with van der Waals surface area (Å²) in [5, 5.41) is 27.4. The predicted molar refractivity (Wildman–Crippen MR) is 218 cm³/mol. The zero-order valence-corrected chi connectivity index (χ0v) is 31.0. The molecular weight excluding hydrogens is 667 g/mol. The molecule has 2 fully saturated rings. The third-order valence-corrected chi connectivity index (χ3v) is 16.0. The summed E-state index contributed by atoms with van der Waals surface area (Å²) in [6, 6.07) is 39.9. The van der Waals surface area contributed by atoms with E-state index in [4.69, 9.17) is 0 Å². The highest BCUT2D eigenvalue weighted by molar-refractivity contribution is 6.27. The molecule has 2 aromatic heterocycles. The Morgan fingerprint density at radius 3 is 1.89 bits per heavy atom. The molecule has 0 saturated heterocycles. The van der Waals surface area contributed by atoms with Gasteiger partial charge in [0.1, 0.15) is 0 Å². The predicted octanol–water partition coefficient (Wildman–Crippen LogP) is 12.1. The van der Waals surface area contributed by atoms with Gasteiger partial charge < -0.3 is 4.40 Å². The van der Waals surface area contributed by atoms with Gasteiger partial charge in [0.2, 0.25) is 0 Å². The highest BCUT2D eigenvalue weighted by Gasteiger charge is 2.69. The fourth-order valence-electron chi connectivity index (χ4n) is 14.7. The van der Waals surface area contributed by atoms with Crippen LogP contribution in [0, 0.1) is 48.3 Å². The quantitative estimate of drug-likeness (QED) is 0.171. The van der Waals surface area contributed by atoms with E-state index in [1.54, 1.807) is 0 Å². The lowest BCUT2D eigenvalue weighted by molar-refractivity contribution is 0.166. The fraction of sp³-hybridized carbons (Fsp3) is 0.269. The van der Waals surface area contributed by atoms with Crippen molar-refractivity contribution < 1.29 is 0 Å². The molecule has 2 heterocycles. The largest absolute Gasteiger partial charge is 0.308 e. The molecule has 3 heteroatoms. The molecule has 7 aliphatic carbocycles. The van der Waals surface area contributed by atoms with Gasteiger partial charge in [-0.2, -0.15) is 10.5 Å². The molecule has 0 aliphatic heterocycles. The summed E-state index contributed by atoms with van der Waals surface area (Å²) in [7, 11) is 0. The lowest BCUT2D eigenvalue weighted by atomic mass is 9.55. The van der Waals surface area contributed by atoms with Crippen LogP contribution in [0.1, 0.15) is 123 Å². The maximum absolute atomic E-state index is 11.1. The summed E-state index contributed by atoms with van der Waals surface area (Å²) in [6.45, 7) is 4.51. The molecule has 6 aromatic carbocycles. The number of benzene rings is 6. The number of nitriles is 2. The standard InChI is InChI=1S/C52H37N3/c1-25-8-7-9-26(2)42(25)31-19-36-46-40(21-32(23-53)43-29-15-27-14-28(16-29)18-30(17-27)44(43)46)55-41-22-33(24-54)45-48-34-10-3-5-12-38(34)52(39-13-6-4-11-35(39)49(48)52)50(45)47(41)37(20-31)51(36)55/h3-13,19-22,27-30,48-49H,14-18H2,1-2H3. The molecule has 260 valence electrons. The monoisotopic (exact) mass is 703 g/mol. The molecule has 2 saturated carbocycles. The van der Waals surface area contributed by atoms with Crippen molar-refractivity contribution in [1.29, 1.82) is 10.5 Å². The SMILES string of the molecule is Cc1cccc(C)c1-c1cc2c3c4c(c(C#N)cc3n3c5cc(C#N)c6c(c5c(c1)c23)C12c3ccccc3C6C1c1ccccc12)C1CC2CC(C1)CC4C2. The minimum Gasteiger partial charge on any atom is -0.308 e. The maximum Gasteiger partial charge on any atom is 0.0995 e. The van der Waals surface area contributed by atoms with Crippen LogP contribution in [0.15, 0.2) is 91.0 Å². The summed E-state index contributed by atoms with van der Waals surface area (Å²) in [4.78, 5) is 0. The first-order valence-electron chi connectivity index (χ1n) is 20.5. The van der Waals surface area contributed by atoms with Gasteiger partial charge in [0, 0.05) is 33.4 Å². The summed E-state index contributed by atoms with van der Waals surface area (Å²) in [6.07, 6.45) is 6.30. The van der Waals surface area contributed by atoms with E-state index in [9.17, 15) is 10.5 Å². The van der Waals surface area contributed by atoms with Crippen molar-refractivity contribution >= 4 is 38.1 Å². The minimum absolute atomic E-state index is 0.154. The van der Waals surface area contributed by atoms with Gasteiger partial charge in [-0.25, -0.2) is 0 Å². The average molecular weight is 704 g/mol. The van der Waals surface area contributed by atoms with Gasteiger partial charge in [-0.05, 0) is 161 Å². The van der Waals surface area contributed by atoms with Crippen molar-refractivity contribution in [3.05, 3.63) is 158 Å². The third kappa shape index (κ3) is 3.08. The number of aromatic nitrogens is 1. The van der Waals surface area contributed by atoms with Gasteiger partial charge in [-0.3, -0.25) is 0 Å². The van der Waals surface area contributed by atoms with E-state index in [2.05, 4.69) is 121 Å². The van der Waals surface area contributed by atoms with Gasteiger partial charge in [0.05, 0.1) is 45.2 Å². The van der Waals surface area contributed by atoms with Gasteiger partial charge in [-0.1, -0.05) is 66.7 Å². The molecule has 6 bridgehead atoms. The Labute approximate surface area is 319 Å². The van der Waals surface area contributed by atoms with E-state index < -0.39 is 0 Å². The van der Waals surface area contributed by atoms with Crippen LogP contribution in [-0.4, -0.2) is 4.40 Å². The van der Waals surface area contributed by atoms with Crippen molar-refractivity contribution in [2.75, 3.05) is 0 Å². The Balaban J connectivity index is 1.22. The summed E-state index contributed by atoms with van der Waals surface area (Å²) >= 11 is 0. The van der Waals surface area contributed by atoms with Crippen molar-refractivity contribution in [2.45, 2.75) is 75.0 Å². The highest BCUT2D eigenvalue weighted by atomic mass is 14.9. The number of hydrogen-bond acceptors (Lipinski definition) is 2. The topological polar surface area (TPSA) is 52.0 Å². The van der Waals surface area contributed by atoms with E-state index in [0.717, 1.165) is 34.0 Å². The van der Waals surface area contributed by atoms with Crippen LogP contribution in [0.25, 0.3) is 49.2 Å². The van der Waals surface area contributed by atoms with Crippen molar-refractivity contribution in [3.63, 3.8) is 0 Å². The molecule has 0 amide bonds. The number of rotatable bonds is 1. The highest BCUT2D eigenvalue weighted by Crippen LogP contribution is 2.77. The molecule has 0 spiro atoms. The molecule has 15 rings (SSSR count). The van der Waals surface area contributed by atoms with E-state index in [1.807, 2.05) is 0 Å². The Morgan fingerprint density at radius 1 is 0.618 bits per heavy atom. The maximum atomic E-state index is 11.1. The van der Waals surface area contributed by atoms with Crippen molar-refractivity contribution in [2.24, 2.45) is 11.8 Å². The summed E-state index contributed by atoms with van der Waals surface area (Å²) in [5.41, 5.74) is 21.2. The van der Waals surface area contributed by atoms with Crippen LogP contribution in [0.2, 0.25) is 0 Å². The Kier molecular flexibility index (Phi) is 5.08. The summed E-state index contributed by atoms with van der Waals surface area (Å²) in [5.74, 6) is 2.92. The van der Waals surface area contributed by atoms with Gasteiger partial charge in [0.15, 0.2) is 0 Å². The third-order valence-electron chi connectivity index (χ3n) is 16.0. The van der Waals surface area contributed by atoms with Crippen LogP contribution in [0.5, 0.6) is 0 Å². The smallest absolute Gasteiger partial charge is 0.0995 e. The van der Waals surface area contributed by atoms with Crippen LogP contribution in [-0.2, 0) is 5.41 Å². The lowest BCUT2D eigenvalue weighted by Gasteiger charge is -2.46. The zero-order chi connectivity index (χ0) is 36.2. The number of nitrogens with zero attached hydrogens (tertiary/aromatic N) is 3. The van der Waals surface area contributed by atoms with Gasteiger partial charge in [-0.15, -0.1) is 0 Å². The number of aryl methyl sites for hydroxylation is 2. The number of hydrogen-bond donors (Lipinski definition) is 0. The molecular formula is C52H37N3. The molecule has 7 aliphatic rings. The lowest BCUT2D eigenvalue weighted by Crippen LogP contribution is -2.40. The van der Waals surface area contributed by atoms with Crippen LogP contribution >= 0.6 is 0 Å². The van der Waals surface area contributed by atoms with Crippen molar-refractivity contribution in [1.82, 2.24) is 4.40 Å². The fourth-order valence-corrected chi connectivity index (χ4v) is 14.7. The minimum atomic E-state index is -0.294. The van der Waals surface area contributed by atoms with E-state index in [0.29, 0.717) is 11.8 Å². The molecule has 3 nitrogen and oxygen atoms in total. The second-order valence-corrected chi connectivity index (χ2v) is 18.2. The van der Waals surface area contributed by atoms with E-state index >= 15 is 0 Å². The van der Waals surface area contributed by atoms with E-state index in [1.165, 1.54) is 126 Å². The Morgan fingerprint density at radius 2 is 1.20 bits per heavy atom. The number of fused-ring (bicyclic) bond motifs is 12. The first-order valence-corrected chi connectivity index (χ1v) is 20.5. The Hall–Kier alpha value is -5.90. The van der Waals surface area contributed by atoms with Gasteiger partial charge in [0.25, 0.3) is 0 Å². The van der Waals surface area contributed by atoms with Crippen molar-refractivity contribution in [3.8, 4) is 23.3 Å². The Bertz CT molecular complexity index is 3200. The van der Waals surface area contributed by atoms with Crippen LogP contribution in [0.3, 0.4) is 0 Å². The molecule has 55 heavy (non-hydrogen) atoms. The second-order valence-electron chi connectivity index (χ2n) is 18.2. The zero-order valence-electron chi connectivity index (χ0n) is 31.0. The summed E-state index contributed by atoms with van der Waals surface area (Å²) < 4.78 is 2.51. The van der Waals surface area contributed by atoms with Crippen LogP contribution in [0.4, 0.5) is 0 Å². The average Bonchev–Trinajstić information content (AvgIpc) is 3.82.